The van der Waals surface area contributed by atoms with Crippen molar-refractivity contribution in [3.05, 3.63) is 0 Å². The van der Waals surface area contributed by atoms with Crippen LogP contribution in [0.15, 0.2) is 0 Å². The summed E-state index contributed by atoms with van der Waals surface area (Å²) in [4.78, 5) is 0. The largest absolute Gasteiger partial charge is 0.314 e. The SMILES string of the molecule is C#CCCCC(NCC)C1CCCC(C)C1. The third-order valence-electron chi connectivity index (χ3n) is 3.85. The van der Waals surface area contributed by atoms with Gasteiger partial charge in [0.25, 0.3) is 0 Å². The summed E-state index contributed by atoms with van der Waals surface area (Å²) in [6.45, 7) is 5.70. The van der Waals surface area contributed by atoms with Gasteiger partial charge in [0, 0.05) is 12.5 Å². The molecule has 0 bridgehead atoms. The average molecular weight is 221 g/mol. The van der Waals surface area contributed by atoms with Gasteiger partial charge in [0.05, 0.1) is 0 Å². The van der Waals surface area contributed by atoms with Gasteiger partial charge in [-0.15, -0.1) is 12.3 Å². The minimum Gasteiger partial charge on any atom is -0.314 e. The van der Waals surface area contributed by atoms with Crippen molar-refractivity contribution >= 4 is 0 Å². The maximum absolute atomic E-state index is 5.32. The van der Waals surface area contributed by atoms with Crippen LogP contribution in [0.1, 0.15) is 58.8 Å². The highest BCUT2D eigenvalue weighted by Crippen LogP contribution is 2.32. The smallest absolute Gasteiger partial charge is 0.00956 e. The molecule has 3 unspecified atom stereocenters. The predicted molar refractivity (Wildman–Crippen MR) is 71.3 cm³/mol. The van der Waals surface area contributed by atoms with Crippen LogP contribution in [0.3, 0.4) is 0 Å². The summed E-state index contributed by atoms with van der Waals surface area (Å²) in [6, 6.07) is 0.709. The Kier molecular flexibility index (Phi) is 6.57. The van der Waals surface area contributed by atoms with Crippen molar-refractivity contribution in [3.8, 4) is 12.3 Å². The van der Waals surface area contributed by atoms with Crippen LogP contribution >= 0.6 is 0 Å². The molecule has 0 aromatic carbocycles. The highest BCUT2D eigenvalue weighted by Gasteiger charge is 2.25. The van der Waals surface area contributed by atoms with E-state index in [0.29, 0.717) is 6.04 Å². The van der Waals surface area contributed by atoms with Crippen LogP contribution in [-0.2, 0) is 0 Å². The lowest BCUT2D eigenvalue weighted by atomic mass is 9.77. The maximum Gasteiger partial charge on any atom is 0.00956 e. The summed E-state index contributed by atoms with van der Waals surface area (Å²) in [5.74, 6) is 4.56. The standard InChI is InChI=1S/C15H27N/c1-4-6-7-11-15(16-5-2)14-10-8-9-13(3)12-14/h1,13-16H,5-12H2,2-3H3. The molecule has 1 aliphatic rings. The first-order chi connectivity index (χ1) is 7.77. The Morgan fingerprint density at radius 1 is 1.44 bits per heavy atom. The third-order valence-corrected chi connectivity index (χ3v) is 3.85. The van der Waals surface area contributed by atoms with E-state index in [1.54, 1.807) is 0 Å². The van der Waals surface area contributed by atoms with E-state index in [2.05, 4.69) is 25.1 Å². The molecule has 0 aromatic rings. The Bertz CT molecular complexity index is 216. The fraction of sp³-hybridized carbons (Fsp3) is 0.867. The first kappa shape index (κ1) is 13.6. The van der Waals surface area contributed by atoms with E-state index in [1.165, 1.54) is 38.5 Å². The number of rotatable bonds is 6. The number of hydrogen-bond acceptors (Lipinski definition) is 1. The molecule has 1 heteroatoms. The molecule has 0 aliphatic heterocycles. The predicted octanol–water partition coefficient (Wildman–Crippen LogP) is 3.59. The lowest BCUT2D eigenvalue weighted by molar-refractivity contribution is 0.215. The summed E-state index contributed by atoms with van der Waals surface area (Å²) in [5.41, 5.74) is 0. The van der Waals surface area contributed by atoms with Gasteiger partial charge < -0.3 is 5.32 Å². The summed E-state index contributed by atoms with van der Waals surface area (Å²) in [5, 5.41) is 3.66. The molecule has 0 heterocycles. The second kappa shape index (κ2) is 7.74. The highest BCUT2D eigenvalue weighted by atomic mass is 14.9. The summed E-state index contributed by atoms with van der Waals surface area (Å²) in [6.07, 6.45) is 14.4. The molecule has 1 fully saturated rings. The van der Waals surface area contributed by atoms with Crippen LogP contribution in [0.4, 0.5) is 0 Å². The first-order valence-corrected chi connectivity index (χ1v) is 6.94. The number of terminal acetylenes is 1. The minimum atomic E-state index is 0.709. The van der Waals surface area contributed by atoms with Crippen molar-refractivity contribution in [3.63, 3.8) is 0 Å². The Balaban J connectivity index is 2.38. The second-order valence-electron chi connectivity index (χ2n) is 5.29. The lowest BCUT2D eigenvalue weighted by Gasteiger charge is -2.33. The molecule has 1 nitrogen and oxygen atoms in total. The van der Waals surface area contributed by atoms with Crippen LogP contribution in [-0.4, -0.2) is 12.6 Å². The molecule has 3 atom stereocenters. The number of unbranched alkanes of at least 4 members (excludes halogenated alkanes) is 1. The number of hydrogen-bond donors (Lipinski definition) is 1. The fourth-order valence-corrected chi connectivity index (χ4v) is 3.04. The first-order valence-electron chi connectivity index (χ1n) is 6.94. The van der Waals surface area contributed by atoms with E-state index in [-0.39, 0.29) is 0 Å². The zero-order valence-corrected chi connectivity index (χ0v) is 11.0. The summed E-state index contributed by atoms with van der Waals surface area (Å²) < 4.78 is 0. The Morgan fingerprint density at radius 3 is 2.88 bits per heavy atom. The van der Waals surface area contributed by atoms with Crippen LogP contribution < -0.4 is 5.32 Å². The van der Waals surface area contributed by atoms with Gasteiger partial charge in [0.1, 0.15) is 0 Å². The molecule has 0 saturated heterocycles. The van der Waals surface area contributed by atoms with Gasteiger partial charge in [-0.1, -0.05) is 26.7 Å². The van der Waals surface area contributed by atoms with Crippen molar-refractivity contribution in [1.29, 1.82) is 0 Å². The van der Waals surface area contributed by atoms with Gasteiger partial charge in [0.2, 0.25) is 0 Å². The molecule has 92 valence electrons. The summed E-state index contributed by atoms with van der Waals surface area (Å²) in [7, 11) is 0. The van der Waals surface area contributed by atoms with Crippen LogP contribution in [0.25, 0.3) is 0 Å². The summed E-state index contributed by atoms with van der Waals surface area (Å²) >= 11 is 0. The molecular formula is C15H27N. The van der Waals surface area contributed by atoms with E-state index >= 15 is 0 Å². The van der Waals surface area contributed by atoms with Crippen LogP contribution in [0.2, 0.25) is 0 Å². The monoisotopic (exact) mass is 221 g/mol. The molecule has 0 radical (unpaired) electrons. The molecule has 16 heavy (non-hydrogen) atoms. The molecule has 1 N–H and O–H groups in total. The molecule has 0 aromatic heterocycles. The zero-order valence-electron chi connectivity index (χ0n) is 11.0. The topological polar surface area (TPSA) is 12.0 Å². The van der Waals surface area contributed by atoms with Crippen LogP contribution in [0, 0.1) is 24.2 Å². The van der Waals surface area contributed by atoms with E-state index in [0.717, 1.165) is 24.8 Å². The highest BCUT2D eigenvalue weighted by molar-refractivity contribution is 4.86. The van der Waals surface area contributed by atoms with Crippen molar-refractivity contribution in [1.82, 2.24) is 5.32 Å². The zero-order chi connectivity index (χ0) is 11.8. The Hall–Kier alpha value is -0.480. The van der Waals surface area contributed by atoms with E-state index in [9.17, 15) is 0 Å². The quantitative estimate of drug-likeness (QED) is 0.534. The van der Waals surface area contributed by atoms with Gasteiger partial charge in [-0.05, 0) is 44.1 Å². The average Bonchev–Trinajstić information content (AvgIpc) is 2.28. The second-order valence-corrected chi connectivity index (χ2v) is 5.29. The number of nitrogens with one attached hydrogen (secondary N) is 1. The van der Waals surface area contributed by atoms with Crippen molar-refractivity contribution in [2.45, 2.75) is 64.8 Å². The maximum atomic E-state index is 5.32. The normalized spacial score (nSPS) is 27.3. The fourth-order valence-electron chi connectivity index (χ4n) is 3.04. The third kappa shape index (κ3) is 4.58. The minimum absolute atomic E-state index is 0.709. The van der Waals surface area contributed by atoms with E-state index < -0.39 is 0 Å². The van der Waals surface area contributed by atoms with Gasteiger partial charge >= 0.3 is 0 Å². The Labute approximate surface area is 101 Å². The van der Waals surface area contributed by atoms with Gasteiger partial charge in [-0.2, -0.15) is 0 Å². The van der Waals surface area contributed by atoms with Crippen molar-refractivity contribution in [2.75, 3.05) is 6.54 Å². The molecular weight excluding hydrogens is 194 g/mol. The molecule has 1 aliphatic carbocycles. The van der Waals surface area contributed by atoms with Crippen LogP contribution in [0.5, 0.6) is 0 Å². The molecule has 1 saturated carbocycles. The van der Waals surface area contributed by atoms with Gasteiger partial charge in [0.15, 0.2) is 0 Å². The van der Waals surface area contributed by atoms with E-state index in [1.807, 2.05) is 0 Å². The van der Waals surface area contributed by atoms with Crippen molar-refractivity contribution < 1.29 is 0 Å². The molecule has 0 spiro atoms. The molecule has 0 amide bonds. The van der Waals surface area contributed by atoms with Gasteiger partial charge in [-0.25, -0.2) is 0 Å². The van der Waals surface area contributed by atoms with E-state index in [4.69, 9.17) is 6.42 Å². The van der Waals surface area contributed by atoms with Crippen molar-refractivity contribution in [2.24, 2.45) is 11.8 Å². The lowest BCUT2D eigenvalue weighted by Crippen LogP contribution is -2.38. The molecule has 1 rings (SSSR count). The Morgan fingerprint density at radius 2 is 2.25 bits per heavy atom. The van der Waals surface area contributed by atoms with Gasteiger partial charge in [-0.3, -0.25) is 0 Å².